The van der Waals surface area contributed by atoms with E-state index in [9.17, 15) is 0 Å². The highest BCUT2D eigenvalue weighted by molar-refractivity contribution is 14.0. The average Bonchev–Trinajstić information content (AvgIpc) is 3.39. The third-order valence-electron chi connectivity index (χ3n) is 5.06. The number of pyridine rings is 1. The number of hydrogen-bond donors (Lipinski definition) is 2. The number of benzene rings is 1. The summed E-state index contributed by atoms with van der Waals surface area (Å²) in [5, 5.41) is 15.3. The number of rotatable bonds is 6. The molecule has 0 aliphatic carbocycles. The lowest BCUT2D eigenvalue weighted by Gasteiger charge is -2.22. The second-order valence-corrected chi connectivity index (χ2v) is 6.99. The molecule has 160 valence electrons. The molecule has 2 aromatic heterocycles. The molecular formula is C21H28IN7O. The molecular weight excluding hydrogens is 493 g/mol. The number of para-hydroxylation sites is 2. The van der Waals surface area contributed by atoms with Crippen molar-refractivity contribution in [2.45, 2.75) is 25.9 Å². The van der Waals surface area contributed by atoms with Gasteiger partial charge in [0.1, 0.15) is 12.3 Å². The smallest absolute Gasteiger partial charge is 0.191 e. The van der Waals surface area contributed by atoms with Gasteiger partial charge >= 0.3 is 0 Å². The number of aliphatic imine (C=N–C) groups is 1. The first-order valence-electron chi connectivity index (χ1n) is 10.00. The Morgan fingerprint density at radius 1 is 1.20 bits per heavy atom. The van der Waals surface area contributed by atoms with E-state index in [1.165, 1.54) is 0 Å². The lowest BCUT2D eigenvalue weighted by molar-refractivity contribution is 0.415. The van der Waals surface area contributed by atoms with Crippen LogP contribution in [0.1, 0.15) is 19.2 Å². The Morgan fingerprint density at radius 2 is 2.03 bits per heavy atom. The lowest BCUT2D eigenvalue weighted by atomic mass is 10.2. The maximum Gasteiger partial charge on any atom is 0.191 e. The summed E-state index contributed by atoms with van der Waals surface area (Å²) < 4.78 is 7.48. The summed E-state index contributed by atoms with van der Waals surface area (Å²) >= 11 is 0. The van der Waals surface area contributed by atoms with Crippen LogP contribution >= 0.6 is 24.0 Å². The molecule has 1 fully saturated rings. The van der Waals surface area contributed by atoms with Crippen LogP contribution < -0.4 is 20.3 Å². The zero-order valence-corrected chi connectivity index (χ0v) is 19.6. The molecule has 9 heteroatoms. The maximum atomic E-state index is 5.51. The van der Waals surface area contributed by atoms with Crippen LogP contribution in [-0.2, 0) is 6.54 Å². The van der Waals surface area contributed by atoms with Crippen molar-refractivity contribution in [1.82, 2.24) is 25.2 Å². The summed E-state index contributed by atoms with van der Waals surface area (Å²) in [7, 11) is 1.72. The number of methoxy groups -OCH3 is 1. The first-order chi connectivity index (χ1) is 14.3. The molecule has 0 saturated carbocycles. The SMILES string of the molecule is CCNC(=NCc1nnc2ccccn12)NC1CCN(c2ccccc2OC)C1.I. The zero-order valence-electron chi connectivity index (χ0n) is 17.3. The molecule has 0 amide bonds. The second-order valence-electron chi connectivity index (χ2n) is 6.99. The minimum Gasteiger partial charge on any atom is -0.495 e. The fourth-order valence-electron chi connectivity index (χ4n) is 3.65. The molecule has 1 aliphatic rings. The van der Waals surface area contributed by atoms with Crippen LogP contribution in [0.4, 0.5) is 5.69 Å². The second kappa shape index (κ2) is 10.5. The minimum absolute atomic E-state index is 0. The van der Waals surface area contributed by atoms with Gasteiger partial charge in [0.25, 0.3) is 0 Å². The summed E-state index contributed by atoms with van der Waals surface area (Å²) in [6.07, 6.45) is 3.00. The number of halogens is 1. The van der Waals surface area contributed by atoms with Gasteiger partial charge in [-0.05, 0) is 37.6 Å². The van der Waals surface area contributed by atoms with Gasteiger partial charge in [0.05, 0.1) is 12.8 Å². The van der Waals surface area contributed by atoms with Crippen LogP contribution in [0.3, 0.4) is 0 Å². The monoisotopic (exact) mass is 521 g/mol. The van der Waals surface area contributed by atoms with Crippen LogP contribution in [0.2, 0.25) is 0 Å². The Labute approximate surface area is 193 Å². The summed E-state index contributed by atoms with van der Waals surface area (Å²) in [5.41, 5.74) is 1.97. The van der Waals surface area contributed by atoms with Gasteiger partial charge in [0.15, 0.2) is 17.4 Å². The third-order valence-corrected chi connectivity index (χ3v) is 5.06. The molecule has 8 nitrogen and oxygen atoms in total. The normalized spacial score (nSPS) is 16.4. The molecule has 0 spiro atoms. The van der Waals surface area contributed by atoms with Gasteiger partial charge in [-0.3, -0.25) is 4.40 Å². The number of ether oxygens (including phenoxy) is 1. The Kier molecular flexibility index (Phi) is 7.72. The van der Waals surface area contributed by atoms with Gasteiger partial charge in [0, 0.05) is 31.9 Å². The summed E-state index contributed by atoms with van der Waals surface area (Å²) in [6.45, 7) is 5.21. The highest BCUT2D eigenvalue weighted by atomic mass is 127. The van der Waals surface area contributed by atoms with Gasteiger partial charge in [-0.15, -0.1) is 34.2 Å². The Morgan fingerprint density at radius 3 is 2.87 bits per heavy atom. The standard InChI is InChI=1S/C21H27N7O.HI/c1-3-22-21(23-14-20-26-25-19-10-6-7-12-28(19)20)24-16-11-13-27(15-16)17-8-4-5-9-18(17)29-2;/h4-10,12,16H,3,11,13-15H2,1-2H3,(H2,22,23,24);1H. The largest absolute Gasteiger partial charge is 0.495 e. The van der Waals surface area contributed by atoms with Gasteiger partial charge < -0.3 is 20.3 Å². The van der Waals surface area contributed by atoms with E-state index in [-0.39, 0.29) is 24.0 Å². The topological polar surface area (TPSA) is 79.1 Å². The Balaban J connectivity index is 0.00000256. The molecule has 3 heterocycles. The van der Waals surface area contributed by atoms with E-state index in [0.717, 1.165) is 54.9 Å². The van der Waals surface area contributed by atoms with Gasteiger partial charge in [-0.25, -0.2) is 4.99 Å². The number of aromatic nitrogens is 3. The first-order valence-corrected chi connectivity index (χ1v) is 10.00. The minimum atomic E-state index is 0. The molecule has 0 radical (unpaired) electrons. The van der Waals surface area contributed by atoms with Gasteiger partial charge in [0.2, 0.25) is 0 Å². The highest BCUT2D eigenvalue weighted by Gasteiger charge is 2.25. The van der Waals surface area contributed by atoms with Crippen molar-refractivity contribution < 1.29 is 4.74 Å². The molecule has 1 aromatic carbocycles. The lowest BCUT2D eigenvalue weighted by Crippen LogP contribution is -2.44. The molecule has 3 aromatic rings. The molecule has 2 N–H and O–H groups in total. The van der Waals surface area contributed by atoms with Crippen molar-refractivity contribution in [2.75, 3.05) is 31.6 Å². The highest BCUT2D eigenvalue weighted by Crippen LogP contribution is 2.30. The van der Waals surface area contributed by atoms with Crippen molar-refractivity contribution in [3.05, 3.63) is 54.5 Å². The number of guanidine groups is 1. The summed E-state index contributed by atoms with van der Waals surface area (Å²) in [6, 6.07) is 14.3. The Bertz CT molecular complexity index is 990. The predicted molar refractivity (Wildman–Crippen MR) is 130 cm³/mol. The van der Waals surface area contributed by atoms with E-state index in [1.54, 1.807) is 7.11 Å². The number of nitrogens with one attached hydrogen (secondary N) is 2. The van der Waals surface area contributed by atoms with E-state index in [4.69, 9.17) is 9.73 Å². The fourth-order valence-corrected chi connectivity index (χ4v) is 3.65. The van der Waals surface area contributed by atoms with Crippen LogP contribution in [0.25, 0.3) is 5.65 Å². The van der Waals surface area contributed by atoms with E-state index in [1.807, 2.05) is 47.0 Å². The average molecular weight is 521 g/mol. The number of nitrogens with zero attached hydrogens (tertiary/aromatic N) is 5. The van der Waals surface area contributed by atoms with Gasteiger partial charge in [-0.1, -0.05) is 18.2 Å². The van der Waals surface area contributed by atoms with Crippen molar-refractivity contribution in [2.24, 2.45) is 4.99 Å². The molecule has 0 bridgehead atoms. The van der Waals surface area contributed by atoms with Crippen LogP contribution in [0, 0.1) is 0 Å². The Hall–Kier alpha value is -2.56. The quantitative estimate of drug-likeness (QED) is 0.295. The third kappa shape index (κ3) is 4.94. The van der Waals surface area contributed by atoms with E-state index >= 15 is 0 Å². The van der Waals surface area contributed by atoms with E-state index in [2.05, 4.69) is 38.7 Å². The summed E-state index contributed by atoms with van der Waals surface area (Å²) in [5.74, 6) is 2.53. The van der Waals surface area contributed by atoms with Crippen LogP contribution in [0.5, 0.6) is 5.75 Å². The summed E-state index contributed by atoms with van der Waals surface area (Å²) in [4.78, 5) is 7.08. The molecule has 1 atom stereocenters. The molecule has 1 unspecified atom stereocenters. The number of anilines is 1. The van der Waals surface area contributed by atoms with Crippen molar-refractivity contribution in [1.29, 1.82) is 0 Å². The van der Waals surface area contributed by atoms with Crippen molar-refractivity contribution in [3.63, 3.8) is 0 Å². The van der Waals surface area contributed by atoms with Crippen molar-refractivity contribution >= 4 is 41.3 Å². The molecule has 1 saturated heterocycles. The van der Waals surface area contributed by atoms with Crippen LogP contribution in [-0.4, -0.2) is 53.3 Å². The molecule has 30 heavy (non-hydrogen) atoms. The number of hydrogen-bond acceptors (Lipinski definition) is 5. The van der Waals surface area contributed by atoms with E-state index < -0.39 is 0 Å². The van der Waals surface area contributed by atoms with E-state index in [0.29, 0.717) is 12.6 Å². The fraction of sp³-hybridized carbons (Fsp3) is 0.381. The zero-order chi connectivity index (χ0) is 20.1. The molecule has 1 aliphatic heterocycles. The van der Waals surface area contributed by atoms with Gasteiger partial charge in [-0.2, -0.15) is 0 Å². The first kappa shape index (κ1) is 22.1. The number of fused-ring (bicyclic) bond motifs is 1. The molecule has 4 rings (SSSR count). The maximum absolute atomic E-state index is 5.51. The predicted octanol–water partition coefficient (Wildman–Crippen LogP) is 2.69. The van der Waals surface area contributed by atoms with Crippen LogP contribution in [0.15, 0.2) is 53.7 Å². The van der Waals surface area contributed by atoms with Crippen molar-refractivity contribution in [3.8, 4) is 5.75 Å².